The molecule has 92 valence electrons. The Kier molecular flexibility index (Phi) is 3.42. The second-order valence-corrected chi connectivity index (χ2v) is 4.00. The fourth-order valence-electron chi connectivity index (χ4n) is 1.78. The predicted octanol–water partition coefficient (Wildman–Crippen LogP) is 3.85. The monoisotopic (exact) mass is 243 g/mol. The molecule has 0 aliphatic heterocycles. The Morgan fingerprint density at radius 3 is 2.72 bits per heavy atom. The molecule has 1 heterocycles. The van der Waals surface area contributed by atoms with Crippen molar-refractivity contribution in [3.05, 3.63) is 54.1 Å². The van der Waals surface area contributed by atoms with Crippen LogP contribution in [0.1, 0.15) is 11.3 Å². The van der Waals surface area contributed by atoms with Crippen LogP contribution < -0.4 is 4.74 Å². The van der Waals surface area contributed by atoms with Gasteiger partial charge in [-0.15, -0.1) is 0 Å². The Morgan fingerprint density at radius 1 is 1.28 bits per heavy atom. The number of rotatable bonds is 3. The van der Waals surface area contributed by atoms with Crippen molar-refractivity contribution in [2.75, 3.05) is 7.11 Å². The molecule has 0 N–H and O–H groups in total. The smallest absolute Gasteiger partial charge is 0.131 e. The molecular weight excluding hydrogens is 229 g/mol. The number of hydrogen-bond acceptors (Lipinski definition) is 2. The first kappa shape index (κ1) is 12.3. The zero-order valence-electron chi connectivity index (χ0n) is 10.4. The summed E-state index contributed by atoms with van der Waals surface area (Å²) in [6, 6.07) is 6.70. The van der Waals surface area contributed by atoms with Crippen LogP contribution in [0.3, 0.4) is 0 Å². The van der Waals surface area contributed by atoms with E-state index in [-0.39, 0.29) is 5.82 Å². The van der Waals surface area contributed by atoms with Gasteiger partial charge in [-0.05, 0) is 25.1 Å². The molecule has 1 aromatic heterocycles. The molecule has 1 aromatic carbocycles. The second kappa shape index (κ2) is 5.00. The highest BCUT2D eigenvalue weighted by Crippen LogP contribution is 2.32. The van der Waals surface area contributed by atoms with Gasteiger partial charge in [-0.1, -0.05) is 18.2 Å². The minimum atomic E-state index is -0.285. The summed E-state index contributed by atoms with van der Waals surface area (Å²) in [5.74, 6) is 0.302. The van der Waals surface area contributed by atoms with Gasteiger partial charge >= 0.3 is 0 Å². The summed E-state index contributed by atoms with van der Waals surface area (Å²) < 4.78 is 19.1. The van der Waals surface area contributed by atoms with Crippen LogP contribution in [-0.4, -0.2) is 12.1 Å². The van der Waals surface area contributed by atoms with Gasteiger partial charge in [0.1, 0.15) is 11.6 Å². The average molecular weight is 243 g/mol. The van der Waals surface area contributed by atoms with E-state index in [2.05, 4.69) is 11.6 Å². The molecule has 18 heavy (non-hydrogen) atoms. The number of aromatic nitrogens is 1. The number of pyridine rings is 1. The lowest BCUT2D eigenvalue weighted by molar-refractivity contribution is 0.415. The van der Waals surface area contributed by atoms with Crippen molar-refractivity contribution in [1.82, 2.24) is 4.98 Å². The second-order valence-electron chi connectivity index (χ2n) is 4.00. The Hall–Kier alpha value is -2.16. The molecule has 0 saturated heterocycles. The third-order valence-corrected chi connectivity index (χ3v) is 2.73. The van der Waals surface area contributed by atoms with Crippen LogP contribution in [0.5, 0.6) is 5.75 Å². The third-order valence-electron chi connectivity index (χ3n) is 2.73. The molecule has 0 aliphatic carbocycles. The van der Waals surface area contributed by atoms with Crippen molar-refractivity contribution >= 4 is 6.08 Å². The van der Waals surface area contributed by atoms with Crippen LogP contribution in [0.15, 0.2) is 37.0 Å². The molecule has 0 spiro atoms. The number of methoxy groups -OCH3 is 1. The van der Waals surface area contributed by atoms with E-state index in [1.807, 2.05) is 6.92 Å². The van der Waals surface area contributed by atoms with Gasteiger partial charge < -0.3 is 4.74 Å². The molecule has 2 nitrogen and oxygen atoms in total. The fourth-order valence-corrected chi connectivity index (χ4v) is 1.78. The maximum Gasteiger partial charge on any atom is 0.131 e. The van der Waals surface area contributed by atoms with Crippen LogP contribution in [0.2, 0.25) is 0 Å². The highest BCUT2D eigenvalue weighted by Gasteiger charge is 2.11. The molecule has 0 unspecified atom stereocenters. The highest BCUT2D eigenvalue weighted by molar-refractivity contribution is 5.71. The van der Waals surface area contributed by atoms with Crippen molar-refractivity contribution in [3.8, 4) is 16.9 Å². The molecule has 0 fully saturated rings. The molecule has 0 atom stereocenters. The predicted molar refractivity (Wildman–Crippen MR) is 71.0 cm³/mol. The minimum absolute atomic E-state index is 0.285. The van der Waals surface area contributed by atoms with Crippen LogP contribution in [0, 0.1) is 12.7 Å². The number of ether oxygens (including phenoxy) is 1. The minimum Gasteiger partial charge on any atom is -0.496 e. The number of aryl methyl sites for hydroxylation is 1. The fraction of sp³-hybridized carbons (Fsp3) is 0.133. The summed E-state index contributed by atoms with van der Waals surface area (Å²) in [5, 5.41) is 0. The van der Waals surface area contributed by atoms with Gasteiger partial charge in [-0.3, -0.25) is 4.98 Å². The molecule has 0 saturated carbocycles. The quantitative estimate of drug-likeness (QED) is 0.817. The molecular formula is C15H14FNO. The van der Waals surface area contributed by atoms with Crippen molar-refractivity contribution in [2.24, 2.45) is 0 Å². The maximum atomic E-state index is 13.9. The van der Waals surface area contributed by atoms with Gasteiger partial charge in [0, 0.05) is 23.4 Å². The van der Waals surface area contributed by atoms with Crippen molar-refractivity contribution in [1.29, 1.82) is 0 Å². The molecule has 0 amide bonds. The summed E-state index contributed by atoms with van der Waals surface area (Å²) in [6.45, 7) is 5.57. The van der Waals surface area contributed by atoms with E-state index < -0.39 is 0 Å². The summed E-state index contributed by atoms with van der Waals surface area (Å²) in [4.78, 5) is 4.19. The Balaban J connectivity index is 2.62. The average Bonchev–Trinajstić information content (AvgIpc) is 2.41. The van der Waals surface area contributed by atoms with Crippen molar-refractivity contribution < 1.29 is 9.13 Å². The number of hydrogen-bond donors (Lipinski definition) is 0. The summed E-state index contributed by atoms with van der Waals surface area (Å²) in [6.07, 6.45) is 3.23. The normalized spacial score (nSPS) is 10.2. The van der Waals surface area contributed by atoms with Gasteiger partial charge in [-0.2, -0.15) is 0 Å². The highest BCUT2D eigenvalue weighted by atomic mass is 19.1. The molecule has 2 aromatic rings. The van der Waals surface area contributed by atoms with Crippen LogP contribution in [0.4, 0.5) is 4.39 Å². The van der Waals surface area contributed by atoms with Crippen molar-refractivity contribution in [2.45, 2.75) is 6.92 Å². The molecule has 2 rings (SSSR count). The topological polar surface area (TPSA) is 22.1 Å². The largest absolute Gasteiger partial charge is 0.496 e. The Bertz CT molecular complexity index is 593. The zero-order valence-corrected chi connectivity index (χ0v) is 10.4. The van der Waals surface area contributed by atoms with Crippen LogP contribution in [0.25, 0.3) is 17.2 Å². The van der Waals surface area contributed by atoms with Gasteiger partial charge in [0.2, 0.25) is 0 Å². The lowest BCUT2D eigenvalue weighted by Crippen LogP contribution is -1.94. The van der Waals surface area contributed by atoms with Crippen LogP contribution in [-0.2, 0) is 0 Å². The van der Waals surface area contributed by atoms with E-state index in [1.165, 1.54) is 6.07 Å². The standard InChI is InChI=1S/C15H14FNO/c1-4-11-8-15(18-3)13(9-17-11)12-7-10(2)5-6-14(12)16/h4-9H,1H2,2-3H3. The van der Waals surface area contributed by atoms with Gasteiger partial charge in [0.25, 0.3) is 0 Å². The first-order chi connectivity index (χ1) is 8.65. The first-order valence-electron chi connectivity index (χ1n) is 5.58. The first-order valence-corrected chi connectivity index (χ1v) is 5.58. The van der Waals surface area contributed by atoms with E-state index >= 15 is 0 Å². The molecule has 3 heteroatoms. The zero-order chi connectivity index (χ0) is 13.1. The lowest BCUT2D eigenvalue weighted by Gasteiger charge is -2.10. The third kappa shape index (κ3) is 2.25. The Morgan fingerprint density at radius 2 is 2.06 bits per heavy atom. The summed E-state index contributed by atoms with van der Waals surface area (Å²) in [7, 11) is 1.55. The molecule has 0 bridgehead atoms. The number of nitrogens with zero attached hydrogens (tertiary/aromatic N) is 1. The van der Waals surface area contributed by atoms with Crippen molar-refractivity contribution in [3.63, 3.8) is 0 Å². The lowest BCUT2D eigenvalue weighted by atomic mass is 10.0. The molecule has 0 aliphatic rings. The number of halogens is 1. The van der Waals surface area contributed by atoms with E-state index in [0.29, 0.717) is 22.6 Å². The van der Waals surface area contributed by atoms with Crippen LogP contribution >= 0.6 is 0 Å². The van der Waals surface area contributed by atoms with E-state index in [9.17, 15) is 4.39 Å². The van der Waals surface area contributed by atoms with Gasteiger partial charge in [-0.25, -0.2) is 4.39 Å². The summed E-state index contributed by atoms with van der Waals surface area (Å²) in [5.41, 5.74) is 2.82. The number of benzene rings is 1. The van der Waals surface area contributed by atoms with E-state index in [1.54, 1.807) is 37.6 Å². The van der Waals surface area contributed by atoms with Gasteiger partial charge in [0.05, 0.1) is 12.8 Å². The summed E-state index contributed by atoms with van der Waals surface area (Å²) >= 11 is 0. The van der Waals surface area contributed by atoms with E-state index in [4.69, 9.17) is 4.74 Å². The maximum absolute atomic E-state index is 13.9. The molecule has 0 radical (unpaired) electrons. The van der Waals surface area contributed by atoms with Gasteiger partial charge in [0.15, 0.2) is 0 Å². The SMILES string of the molecule is C=Cc1cc(OC)c(-c2cc(C)ccc2F)cn1. The Labute approximate surface area is 106 Å². The van der Waals surface area contributed by atoms with E-state index in [0.717, 1.165) is 5.56 Å².